The van der Waals surface area contributed by atoms with Crippen LogP contribution in [0.25, 0.3) is 5.70 Å². The number of amides is 4. The van der Waals surface area contributed by atoms with Gasteiger partial charge < -0.3 is 25.4 Å². The lowest BCUT2D eigenvalue weighted by atomic mass is 9.91. The molecule has 0 aliphatic carbocycles. The van der Waals surface area contributed by atoms with Crippen molar-refractivity contribution in [1.29, 1.82) is 0 Å². The Kier molecular flexibility index (Phi) is 8.83. The van der Waals surface area contributed by atoms with Crippen LogP contribution in [0.2, 0.25) is 0 Å². The second kappa shape index (κ2) is 12.6. The zero-order valence-corrected chi connectivity index (χ0v) is 22.2. The highest BCUT2D eigenvalue weighted by molar-refractivity contribution is 6.05. The van der Waals surface area contributed by atoms with Gasteiger partial charge in [0.2, 0.25) is 0 Å². The maximum atomic E-state index is 13.4. The SMILES string of the molecule is CCCN1C(=O)NC(c2cccc(NC(=O)Nc3ccc(OC)cc3)c2)C(C(=O)OCC)=C1c1ccccc1. The lowest BCUT2D eigenvalue weighted by Crippen LogP contribution is -2.48. The van der Waals surface area contributed by atoms with Gasteiger partial charge in [0.25, 0.3) is 0 Å². The third kappa shape index (κ3) is 6.38. The van der Waals surface area contributed by atoms with Crippen LogP contribution in [0, 0.1) is 0 Å². The number of hydrogen-bond donors (Lipinski definition) is 3. The smallest absolute Gasteiger partial charge is 0.338 e. The van der Waals surface area contributed by atoms with Gasteiger partial charge in [-0.3, -0.25) is 4.90 Å². The van der Waals surface area contributed by atoms with Crippen molar-refractivity contribution in [1.82, 2.24) is 10.2 Å². The molecule has 3 N–H and O–H groups in total. The maximum Gasteiger partial charge on any atom is 0.338 e. The number of ether oxygens (including phenoxy) is 2. The van der Waals surface area contributed by atoms with Crippen molar-refractivity contribution < 1.29 is 23.9 Å². The number of benzene rings is 3. The van der Waals surface area contributed by atoms with Crippen molar-refractivity contribution in [2.45, 2.75) is 26.3 Å². The van der Waals surface area contributed by atoms with Crippen molar-refractivity contribution in [2.75, 3.05) is 30.9 Å². The molecule has 9 heteroatoms. The summed E-state index contributed by atoms with van der Waals surface area (Å²) in [6.45, 7) is 4.33. The molecule has 9 nitrogen and oxygen atoms in total. The monoisotopic (exact) mass is 528 g/mol. The summed E-state index contributed by atoms with van der Waals surface area (Å²) >= 11 is 0. The Bertz CT molecular complexity index is 1360. The summed E-state index contributed by atoms with van der Waals surface area (Å²) in [6.07, 6.45) is 0.702. The molecule has 0 bridgehead atoms. The Balaban J connectivity index is 1.69. The molecule has 0 spiro atoms. The topological polar surface area (TPSA) is 109 Å². The van der Waals surface area contributed by atoms with Crippen LogP contribution in [-0.2, 0) is 9.53 Å². The van der Waals surface area contributed by atoms with Crippen LogP contribution in [-0.4, -0.2) is 43.2 Å². The van der Waals surface area contributed by atoms with Gasteiger partial charge in [-0.25, -0.2) is 14.4 Å². The highest BCUT2D eigenvalue weighted by atomic mass is 16.5. The number of nitrogens with zero attached hydrogens (tertiary/aromatic N) is 1. The average molecular weight is 529 g/mol. The van der Waals surface area contributed by atoms with Gasteiger partial charge in [-0.15, -0.1) is 0 Å². The van der Waals surface area contributed by atoms with Gasteiger partial charge in [-0.2, -0.15) is 0 Å². The van der Waals surface area contributed by atoms with Crippen LogP contribution in [0.15, 0.2) is 84.4 Å². The Morgan fingerprint density at radius 1 is 0.923 bits per heavy atom. The highest BCUT2D eigenvalue weighted by Gasteiger charge is 2.38. The Morgan fingerprint density at radius 3 is 2.31 bits per heavy atom. The molecule has 1 unspecified atom stereocenters. The fourth-order valence-electron chi connectivity index (χ4n) is 4.44. The Morgan fingerprint density at radius 2 is 1.64 bits per heavy atom. The van der Waals surface area contributed by atoms with Crippen LogP contribution in [0.1, 0.15) is 37.4 Å². The van der Waals surface area contributed by atoms with Crippen LogP contribution < -0.4 is 20.7 Å². The predicted octanol–water partition coefficient (Wildman–Crippen LogP) is 5.79. The van der Waals surface area contributed by atoms with E-state index in [2.05, 4.69) is 16.0 Å². The van der Waals surface area contributed by atoms with Crippen LogP contribution in [0.3, 0.4) is 0 Å². The van der Waals surface area contributed by atoms with E-state index in [4.69, 9.17) is 9.47 Å². The van der Waals surface area contributed by atoms with Crippen LogP contribution in [0.5, 0.6) is 5.75 Å². The molecular formula is C30H32N4O5. The van der Waals surface area contributed by atoms with Gasteiger partial charge >= 0.3 is 18.0 Å². The number of hydrogen-bond acceptors (Lipinski definition) is 5. The normalized spacial score (nSPS) is 14.9. The quantitative estimate of drug-likeness (QED) is 0.305. The molecular weight excluding hydrogens is 496 g/mol. The Hall–Kier alpha value is -4.79. The maximum absolute atomic E-state index is 13.4. The molecule has 1 atom stereocenters. The first-order valence-corrected chi connectivity index (χ1v) is 12.8. The molecule has 4 rings (SSSR count). The summed E-state index contributed by atoms with van der Waals surface area (Å²) in [5.74, 6) is 0.166. The average Bonchev–Trinajstić information content (AvgIpc) is 2.95. The number of carbonyl (C=O) groups excluding carboxylic acids is 3. The van der Waals surface area contributed by atoms with Crippen molar-refractivity contribution in [3.63, 3.8) is 0 Å². The fraction of sp³-hybridized carbons (Fsp3) is 0.233. The first-order chi connectivity index (χ1) is 18.9. The van der Waals surface area contributed by atoms with Crippen LogP contribution in [0.4, 0.5) is 21.0 Å². The summed E-state index contributed by atoms with van der Waals surface area (Å²) < 4.78 is 10.6. The molecule has 1 heterocycles. The van der Waals surface area contributed by atoms with E-state index in [9.17, 15) is 14.4 Å². The lowest BCUT2D eigenvalue weighted by Gasteiger charge is -2.37. The molecule has 202 valence electrons. The van der Waals surface area contributed by atoms with Crippen molar-refractivity contribution in [3.05, 3.63) is 95.6 Å². The van der Waals surface area contributed by atoms with Crippen LogP contribution >= 0.6 is 0 Å². The first-order valence-electron chi connectivity index (χ1n) is 12.8. The summed E-state index contributed by atoms with van der Waals surface area (Å²) in [7, 11) is 1.57. The van der Waals surface area contributed by atoms with E-state index < -0.39 is 18.0 Å². The van der Waals surface area contributed by atoms with E-state index in [1.54, 1.807) is 67.5 Å². The second-order valence-electron chi connectivity index (χ2n) is 8.82. The Labute approximate surface area is 227 Å². The predicted molar refractivity (Wildman–Crippen MR) is 150 cm³/mol. The molecule has 0 aromatic heterocycles. The number of anilines is 2. The number of methoxy groups -OCH3 is 1. The van der Waals surface area contributed by atoms with E-state index in [0.717, 1.165) is 5.56 Å². The summed E-state index contributed by atoms with van der Waals surface area (Å²) in [4.78, 5) is 41.0. The zero-order chi connectivity index (χ0) is 27.8. The standard InChI is InChI=1S/C30H32N4O5/c1-4-18-34-27(20-10-7-6-8-11-20)25(28(35)39-5-2)26(33-30(34)37)21-12-9-13-23(19-21)32-29(36)31-22-14-16-24(38-3)17-15-22/h6-17,19,26H,4-5,18H2,1-3H3,(H,33,37)(H2,31,32,36). The fourth-order valence-corrected chi connectivity index (χ4v) is 4.44. The number of esters is 1. The molecule has 0 saturated carbocycles. The minimum absolute atomic E-state index is 0.186. The zero-order valence-electron chi connectivity index (χ0n) is 22.2. The first kappa shape index (κ1) is 27.3. The molecule has 0 radical (unpaired) electrons. The molecule has 3 aromatic carbocycles. The number of nitrogens with one attached hydrogen (secondary N) is 3. The lowest BCUT2D eigenvalue weighted by molar-refractivity contribution is -0.138. The second-order valence-corrected chi connectivity index (χ2v) is 8.82. The van der Waals surface area contributed by atoms with Gasteiger partial charge in [0.05, 0.1) is 31.0 Å². The minimum atomic E-state index is -0.786. The van der Waals surface area contributed by atoms with Gasteiger partial charge in [0, 0.05) is 17.9 Å². The van der Waals surface area contributed by atoms with Crippen molar-refractivity contribution in [2.24, 2.45) is 0 Å². The molecule has 1 aliphatic heterocycles. The summed E-state index contributed by atoms with van der Waals surface area (Å²) in [5, 5.41) is 8.56. The minimum Gasteiger partial charge on any atom is -0.497 e. The third-order valence-electron chi connectivity index (χ3n) is 6.14. The molecule has 1 aliphatic rings. The third-order valence-corrected chi connectivity index (χ3v) is 6.14. The van der Waals surface area contributed by atoms with Gasteiger partial charge in [0.15, 0.2) is 0 Å². The highest BCUT2D eigenvalue weighted by Crippen LogP contribution is 2.37. The molecule has 3 aromatic rings. The summed E-state index contributed by atoms with van der Waals surface area (Å²) in [5.41, 5.74) is 3.30. The molecule has 0 saturated heterocycles. The van der Waals surface area contributed by atoms with Crippen molar-refractivity contribution in [3.8, 4) is 5.75 Å². The summed E-state index contributed by atoms with van der Waals surface area (Å²) in [6, 6.07) is 21.8. The number of rotatable bonds is 9. The van der Waals surface area contributed by atoms with E-state index >= 15 is 0 Å². The van der Waals surface area contributed by atoms with E-state index in [1.807, 2.05) is 37.3 Å². The van der Waals surface area contributed by atoms with E-state index in [-0.39, 0.29) is 12.6 Å². The van der Waals surface area contributed by atoms with E-state index in [1.165, 1.54) is 0 Å². The van der Waals surface area contributed by atoms with Gasteiger partial charge in [-0.1, -0.05) is 49.4 Å². The molecule has 39 heavy (non-hydrogen) atoms. The van der Waals surface area contributed by atoms with E-state index in [0.29, 0.717) is 46.9 Å². The largest absolute Gasteiger partial charge is 0.497 e. The number of carbonyl (C=O) groups is 3. The molecule has 0 fully saturated rings. The van der Waals surface area contributed by atoms with Gasteiger partial charge in [-0.05, 0) is 60.9 Å². The van der Waals surface area contributed by atoms with Gasteiger partial charge in [0.1, 0.15) is 5.75 Å². The van der Waals surface area contributed by atoms with Crippen molar-refractivity contribution >= 4 is 35.1 Å². The molecule has 4 amide bonds. The number of urea groups is 2.